The largest absolute Gasteiger partial charge is 0.306 e. The van der Waals surface area contributed by atoms with Crippen LogP contribution in [0, 0.1) is 22.9 Å². The molecule has 0 radical (unpaired) electrons. The van der Waals surface area contributed by atoms with Crippen LogP contribution in [0.2, 0.25) is 0 Å². The van der Waals surface area contributed by atoms with E-state index in [0.29, 0.717) is 0 Å². The number of carbonyl (C=O) groups is 1. The van der Waals surface area contributed by atoms with Gasteiger partial charge in [-0.05, 0) is 24.6 Å². The van der Waals surface area contributed by atoms with Crippen LogP contribution < -0.4 is 5.32 Å². The van der Waals surface area contributed by atoms with Gasteiger partial charge in [0.1, 0.15) is 11.6 Å². The molecule has 0 aliphatic heterocycles. The lowest BCUT2D eigenvalue weighted by Gasteiger charge is -2.05. The number of anilines is 1. The van der Waals surface area contributed by atoms with E-state index in [4.69, 9.17) is 0 Å². The van der Waals surface area contributed by atoms with E-state index in [1.165, 1.54) is 0 Å². The van der Waals surface area contributed by atoms with E-state index in [1.54, 1.807) is 18.3 Å². The topological polar surface area (TPSA) is 85.1 Å². The smallest absolute Gasteiger partial charge is 0.270 e. The average molecular weight is 275 g/mol. The van der Waals surface area contributed by atoms with Gasteiger partial charge in [-0.2, -0.15) is 0 Å². The normalized spacial score (nSPS) is 10.1. The molecule has 2 rings (SSSR count). The van der Waals surface area contributed by atoms with Crippen molar-refractivity contribution in [3.8, 4) is 0 Å². The van der Waals surface area contributed by atoms with Crippen molar-refractivity contribution in [1.82, 2.24) is 4.98 Å². The predicted molar refractivity (Wildman–Crippen MR) is 70.0 cm³/mol. The van der Waals surface area contributed by atoms with E-state index < -0.39 is 22.2 Å². The van der Waals surface area contributed by atoms with Gasteiger partial charge in [-0.25, -0.2) is 9.37 Å². The molecule has 1 aromatic carbocycles. The number of nitrogens with one attached hydrogen (secondary N) is 1. The van der Waals surface area contributed by atoms with Crippen molar-refractivity contribution in [3.63, 3.8) is 0 Å². The second-order valence-electron chi connectivity index (χ2n) is 4.10. The summed E-state index contributed by atoms with van der Waals surface area (Å²) in [5.74, 6) is -1.38. The van der Waals surface area contributed by atoms with Crippen molar-refractivity contribution in [3.05, 3.63) is 63.6 Å². The van der Waals surface area contributed by atoms with E-state index in [2.05, 4.69) is 10.3 Å². The molecule has 0 unspecified atom stereocenters. The van der Waals surface area contributed by atoms with E-state index in [9.17, 15) is 19.3 Å². The fraction of sp³-hybridized carbons (Fsp3) is 0.0769. The Labute approximate surface area is 113 Å². The molecular formula is C13H10FN3O3. The lowest BCUT2D eigenvalue weighted by molar-refractivity contribution is -0.384. The number of halogens is 1. The van der Waals surface area contributed by atoms with Crippen molar-refractivity contribution < 1.29 is 14.1 Å². The number of hydrogen-bond donors (Lipinski definition) is 1. The Balaban J connectivity index is 2.26. The van der Waals surface area contributed by atoms with Gasteiger partial charge in [0.15, 0.2) is 0 Å². The van der Waals surface area contributed by atoms with Gasteiger partial charge in [0, 0.05) is 18.3 Å². The van der Waals surface area contributed by atoms with E-state index in [-0.39, 0.29) is 11.5 Å². The molecule has 7 heteroatoms. The number of non-ortho nitro benzene ring substituents is 1. The quantitative estimate of drug-likeness (QED) is 0.689. The third-order valence-electron chi connectivity index (χ3n) is 2.56. The highest BCUT2D eigenvalue weighted by Gasteiger charge is 2.17. The lowest BCUT2D eigenvalue weighted by atomic mass is 10.1. The van der Waals surface area contributed by atoms with Gasteiger partial charge in [-0.1, -0.05) is 6.07 Å². The van der Waals surface area contributed by atoms with Gasteiger partial charge in [-0.3, -0.25) is 14.9 Å². The molecule has 1 amide bonds. The van der Waals surface area contributed by atoms with Gasteiger partial charge >= 0.3 is 0 Å². The highest BCUT2D eigenvalue weighted by Crippen LogP contribution is 2.18. The number of nitrogens with zero attached hydrogens (tertiary/aromatic N) is 2. The Morgan fingerprint density at radius 1 is 1.35 bits per heavy atom. The molecular weight excluding hydrogens is 265 g/mol. The van der Waals surface area contributed by atoms with Crippen LogP contribution >= 0.6 is 0 Å². The molecule has 0 aliphatic rings. The number of benzene rings is 1. The van der Waals surface area contributed by atoms with Crippen molar-refractivity contribution >= 4 is 17.4 Å². The molecule has 2 aromatic rings. The summed E-state index contributed by atoms with van der Waals surface area (Å²) in [6, 6.07) is 6.06. The van der Waals surface area contributed by atoms with E-state index >= 15 is 0 Å². The summed E-state index contributed by atoms with van der Waals surface area (Å²) in [6.45, 7) is 1.83. The standard InChI is InChI=1S/C13H10FN3O3/c1-8-2-5-12(15-7-8)16-13(18)10-6-9(17(19)20)3-4-11(10)14/h2-7H,1H3,(H,15,16,18). The van der Waals surface area contributed by atoms with Crippen LogP contribution in [0.25, 0.3) is 0 Å². The molecule has 1 heterocycles. The molecule has 0 bridgehead atoms. The van der Waals surface area contributed by atoms with Crippen LogP contribution in [0.3, 0.4) is 0 Å². The zero-order valence-electron chi connectivity index (χ0n) is 10.5. The average Bonchev–Trinajstić information content (AvgIpc) is 2.41. The highest BCUT2D eigenvalue weighted by molar-refractivity contribution is 6.04. The minimum absolute atomic E-state index is 0.242. The van der Waals surface area contributed by atoms with Crippen molar-refractivity contribution in [2.75, 3.05) is 5.32 Å². The first-order valence-corrected chi connectivity index (χ1v) is 5.65. The number of rotatable bonds is 3. The molecule has 0 spiro atoms. The van der Waals surface area contributed by atoms with Gasteiger partial charge in [-0.15, -0.1) is 0 Å². The van der Waals surface area contributed by atoms with Crippen molar-refractivity contribution in [1.29, 1.82) is 0 Å². The summed E-state index contributed by atoms with van der Waals surface area (Å²) < 4.78 is 13.5. The van der Waals surface area contributed by atoms with Crippen LogP contribution in [0.5, 0.6) is 0 Å². The molecule has 1 aromatic heterocycles. The maximum Gasteiger partial charge on any atom is 0.270 e. The number of nitro benzene ring substituents is 1. The summed E-state index contributed by atoms with van der Waals surface area (Å²) in [5.41, 5.74) is 0.152. The lowest BCUT2D eigenvalue weighted by Crippen LogP contribution is -2.15. The Morgan fingerprint density at radius 3 is 2.70 bits per heavy atom. The molecule has 20 heavy (non-hydrogen) atoms. The first-order chi connectivity index (χ1) is 9.47. The molecule has 0 atom stereocenters. The number of nitro groups is 1. The second kappa shape index (κ2) is 5.43. The van der Waals surface area contributed by atoms with Gasteiger partial charge in [0.2, 0.25) is 0 Å². The number of aromatic nitrogens is 1. The molecule has 1 N–H and O–H groups in total. The SMILES string of the molecule is Cc1ccc(NC(=O)c2cc([N+](=O)[O-])ccc2F)nc1. The number of carbonyl (C=O) groups excluding carboxylic acids is 1. The first-order valence-electron chi connectivity index (χ1n) is 5.65. The van der Waals surface area contributed by atoms with Crippen LogP contribution in [0.15, 0.2) is 36.5 Å². The predicted octanol–water partition coefficient (Wildman–Crippen LogP) is 2.69. The maximum atomic E-state index is 13.5. The molecule has 6 nitrogen and oxygen atoms in total. The summed E-state index contributed by atoms with van der Waals surface area (Å²) in [5, 5.41) is 13.0. The van der Waals surface area contributed by atoms with Crippen molar-refractivity contribution in [2.45, 2.75) is 6.92 Å². The zero-order chi connectivity index (χ0) is 14.7. The van der Waals surface area contributed by atoms with Gasteiger partial charge in [0.25, 0.3) is 11.6 Å². The summed E-state index contributed by atoms with van der Waals surface area (Å²) >= 11 is 0. The van der Waals surface area contributed by atoms with E-state index in [0.717, 1.165) is 23.8 Å². The highest BCUT2D eigenvalue weighted by atomic mass is 19.1. The Kier molecular flexibility index (Phi) is 3.69. The summed E-state index contributed by atoms with van der Waals surface area (Å²) in [6.07, 6.45) is 1.54. The van der Waals surface area contributed by atoms with Crippen LogP contribution in [-0.2, 0) is 0 Å². The Bertz CT molecular complexity index is 671. The zero-order valence-corrected chi connectivity index (χ0v) is 10.5. The molecule has 0 fully saturated rings. The third-order valence-corrected chi connectivity index (χ3v) is 2.56. The minimum atomic E-state index is -0.833. The monoisotopic (exact) mass is 275 g/mol. The minimum Gasteiger partial charge on any atom is -0.306 e. The van der Waals surface area contributed by atoms with Gasteiger partial charge in [0.05, 0.1) is 10.5 Å². The molecule has 0 saturated heterocycles. The fourth-order valence-corrected chi connectivity index (χ4v) is 1.53. The summed E-state index contributed by atoms with van der Waals surface area (Å²) in [7, 11) is 0. The molecule has 0 saturated carbocycles. The molecule has 102 valence electrons. The Morgan fingerprint density at radius 2 is 2.10 bits per heavy atom. The fourth-order valence-electron chi connectivity index (χ4n) is 1.53. The number of hydrogen-bond acceptors (Lipinski definition) is 4. The third kappa shape index (κ3) is 2.94. The summed E-state index contributed by atoms with van der Waals surface area (Å²) in [4.78, 5) is 25.8. The molecule has 0 aliphatic carbocycles. The Hall–Kier alpha value is -2.83. The number of pyridine rings is 1. The van der Waals surface area contributed by atoms with Crippen LogP contribution in [-0.4, -0.2) is 15.8 Å². The number of amides is 1. The van der Waals surface area contributed by atoms with Gasteiger partial charge < -0.3 is 5.32 Å². The maximum absolute atomic E-state index is 13.5. The number of aryl methyl sites for hydroxylation is 1. The van der Waals surface area contributed by atoms with Crippen LogP contribution in [0.1, 0.15) is 15.9 Å². The van der Waals surface area contributed by atoms with Crippen molar-refractivity contribution in [2.24, 2.45) is 0 Å². The first kappa shape index (κ1) is 13.6. The second-order valence-corrected chi connectivity index (χ2v) is 4.10. The van der Waals surface area contributed by atoms with Crippen LogP contribution in [0.4, 0.5) is 15.9 Å². The van der Waals surface area contributed by atoms with E-state index in [1.807, 2.05) is 6.92 Å².